The summed E-state index contributed by atoms with van der Waals surface area (Å²) in [7, 11) is 0. The van der Waals surface area contributed by atoms with Crippen molar-refractivity contribution >= 4 is 23.1 Å². The molecule has 1 aromatic carbocycles. The lowest BCUT2D eigenvalue weighted by molar-refractivity contribution is 0.154. The van der Waals surface area contributed by atoms with E-state index in [1.807, 2.05) is 11.8 Å². The maximum absolute atomic E-state index is 10.5. The second-order valence-corrected chi connectivity index (χ2v) is 6.57. The highest BCUT2D eigenvalue weighted by molar-refractivity contribution is 7.99. The van der Waals surface area contributed by atoms with Crippen molar-refractivity contribution in [1.82, 2.24) is 0 Å². The van der Waals surface area contributed by atoms with Crippen LogP contribution in [0.15, 0.2) is 40.6 Å². The van der Waals surface area contributed by atoms with Crippen LogP contribution in [-0.4, -0.2) is 10.9 Å². The minimum atomic E-state index is -0.365. The molecule has 2 heterocycles. The van der Waals surface area contributed by atoms with Crippen molar-refractivity contribution in [1.29, 1.82) is 0 Å². The van der Waals surface area contributed by atoms with Crippen molar-refractivity contribution in [2.75, 3.05) is 5.75 Å². The van der Waals surface area contributed by atoms with Gasteiger partial charge in [0.2, 0.25) is 0 Å². The van der Waals surface area contributed by atoms with E-state index in [0.29, 0.717) is 0 Å². The van der Waals surface area contributed by atoms with Gasteiger partial charge in [-0.3, -0.25) is 0 Å². The van der Waals surface area contributed by atoms with Crippen molar-refractivity contribution in [2.24, 2.45) is 0 Å². The van der Waals surface area contributed by atoms with Crippen LogP contribution in [0.5, 0.6) is 0 Å². The molecular weight excluding hydrogens is 248 g/mol. The second-order valence-electron chi connectivity index (χ2n) is 4.39. The molecule has 0 saturated carbocycles. The largest absolute Gasteiger partial charge is 0.388 e. The van der Waals surface area contributed by atoms with Gasteiger partial charge in [0.05, 0.1) is 6.10 Å². The molecule has 88 valence electrons. The van der Waals surface area contributed by atoms with Crippen LogP contribution in [0.25, 0.3) is 0 Å². The van der Waals surface area contributed by atoms with Gasteiger partial charge >= 0.3 is 0 Å². The molecule has 1 aliphatic heterocycles. The summed E-state index contributed by atoms with van der Waals surface area (Å²) >= 11 is 3.56. The van der Waals surface area contributed by atoms with E-state index in [1.54, 1.807) is 11.3 Å². The van der Waals surface area contributed by atoms with Crippen LogP contribution in [0.3, 0.4) is 0 Å². The Balaban J connectivity index is 1.92. The molecule has 0 saturated heterocycles. The number of benzene rings is 1. The third-order valence-corrected chi connectivity index (χ3v) is 5.30. The van der Waals surface area contributed by atoms with Crippen molar-refractivity contribution in [3.8, 4) is 0 Å². The summed E-state index contributed by atoms with van der Waals surface area (Å²) in [6.45, 7) is 2.08. The van der Waals surface area contributed by atoms with Gasteiger partial charge in [-0.15, -0.1) is 23.1 Å². The molecule has 0 fully saturated rings. The standard InChI is InChI=1S/C14H14OS2/c1-9-6-10(7-16-9)14(15)12-8-17-13-5-3-2-4-11(12)13/h2-7,12,14-15H,8H2,1H3. The molecule has 1 nitrogen and oxygen atoms in total. The Hall–Kier alpha value is -0.770. The van der Waals surface area contributed by atoms with Crippen LogP contribution in [-0.2, 0) is 0 Å². The summed E-state index contributed by atoms with van der Waals surface area (Å²) in [5.74, 6) is 1.22. The summed E-state index contributed by atoms with van der Waals surface area (Å²) in [5.41, 5.74) is 2.36. The predicted molar refractivity (Wildman–Crippen MR) is 73.9 cm³/mol. The van der Waals surface area contributed by atoms with E-state index in [4.69, 9.17) is 0 Å². The third-order valence-electron chi connectivity index (χ3n) is 3.21. The van der Waals surface area contributed by atoms with E-state index >= 15 is 0 Å². The number of aliphatic hydroxyl groups is 1. The summed E-state index contributed by atoms with van der Waals surface area (Å²) in [6.07, 6.45) is -0.365. The normalized spacial score (nSPS) is 20.2. The van der Waals surface area contributed by atoms with Crippen LogP contribution >= 0.6 is 23.1 Å². The molecule has 0 amide bonds. The molecule has 3 heteroatoms. The zero-order valence-corrected chi connectivity index (χ0v) is 11.2. The highest BCUT2D eigenvalue weighted by atomic mass is 32.2. The van der Waals surface area contributed by atoms with Crippen molar-refractivity contribution in [3.05, 3.63) is 51.7 Å². The molecule has 2 atom stereocenters. The highest BCUT2D eigenvalue weighted by Crippen LogP contribution is 2.45. The fourth-order valence-corrected chi connectivity index (χ4v) is 4.32. The van der Waals surface area contributed by atoms with E-state index in [0.717, 1.165) is 11.3 Å². The fourth-order valence-electron chi connectivity index (χ4n) is 2.30. The number of hydrogen-bond donors (Lipinski definition) is 1. The van der Waals surface area contributed by atoms with Gasteiger partial charge in [-0.05, 0) is 35.6 Å². The highest BCUT2D eigenvalue weighted by Gasteiger charge is 2.30. The van der Waals surface area contributed by atoms with Gasteiger partial charge in [-0.25, -0.2) is 0 Å². The number of rotatable bonds is 2. The minimum Gasteiger partial charge on any atom is -0.388 e. The Bertz CT molecular complexity index is 533. The molecule has 1 aromatic heterocycles. The second kappa shape index (κ2) is 4.48. The van der Waals surface area contributed by atoms with Gasteiger partial charge in [0.15, 0.2) is 0 Å². The number of fused-ring (bicyclic) bond motifs is 1. The minimum absolute atomic E-state index is 0.241. The lowest BCUT2D eigenvalue weighted by Crippen LogP contribution is -2.09. The van der Waals surface area contributed by atoms with E-state index in [1.165, 1.54) is 15.3 Å². The van der Waals surface area contributed by atoms with E-state index in [2.05, 4.69) is 42.6 Å². The lowest BCUT2D eigenvalue weighted by atomic mass is 9.92. The lowest BCUT2D eigenvalue weighted by Gasteiger charge is -2.17. The SMILES string of the molecule is Cc1cc(C(O)C2CSc3ccccc32)cs1. The molecule has 0 aliphatic carbocycles. The van der Waals surface area contributed by atoms with Gasteiger partial charge in [0, 0.05) is 21.4 Å². The number of hydrogen-bond acceptors (Lipinski definition) is 3. The first-order chi connectivity index (χ1) is 8.25. The third kappa shape index (κ3) is 2.03. The quantitative estimate of drug-likeness (QED) is 0.883. The first-order valence-electron chi connectivity index (χ1n) is 5.70. The van der Waals surface area contributed by atoms with Gasteiger partial charge in [0.25, 0.3) is 0 Å². The fraction of sp³-hybridized carbons (Fsp3) is 0.286. The number of aryl methyl sites for hydroxylation is 1. The van der Waals surface area contributed by atoms with Crippen LogP contribution in [0.4, 0.5) is 0 Å². The average molecular weight is 262 g/mol. The molecule has 0 bridgehead atoms. The number of aliphatic hydroxyl groups excluding tert-OH is 1. The predicted octanol–water partition coefficient (Wildman–Crippen LogP) is 3.98. The molecule has 1 aliphatic rings. The monoisotopic (exact) mass is 262 g/mol. The Morgan fingerprint density at radius 2 is 2.18 bits per heavy atom. The van der Waals surface area contributed by atoms with E-state index in [9.17, 15) is 5.11 Å². The summed E-state index contributed by atoms with van der Waals surface area (Å²) < 4.78 is 0. The average Bonchev–Trinajstić information content (AvgIpc) is 2.94. The van der Waals surface area contributed by atoms with Crippen LogP contribution in [0.2, 0.25) is 0 Å². The Morgan fingerprint density at radius 1 is 1.35 bits per heavy atom. The number of thioether (sulfide) groups is 1. The summed E-state index contributed by atoms with van der Waals surface area (Å²) in [5, 5.41) is 12.5. The maximum Gasteiger partial charge on any atom is 0.0875 e. The van der Waals surface area contributed by atoms with Crippen LogP contribution in [0, 0.1) is 6.92 Å². The van der Waals surface area contributed by atoms with Gasteiger partial charge in [-0.1, -0.05) is 18.2 Å². The molecule has 2 aromatic rings. The zero-order chi connectivity index (χ0) is 11.8. The van der Waals surface area contributed by atoms with Gasteiger partial charge < -0.3 is 5.11 Å². The smallest absolute Gasteiger partial charge is 0.0875 e. The Labute approximate surface area is 110 Å². The van der Waals surface area contributed by atoms with E-state index < -0.39 is 0 Å². The van der Waals surface area contributed by atoms with Crippen molar-refractivity contribution in [3.63, 3.8) is 0 Å². The first kappa shape index (κ1) is 11.3. The Morgan fingerprint density at radius 3 is 2.94 bits per heavy atom. The summed E-state index contributed by atoms with van der Waals surface area (Å²) in [4.78, 5) is 2.58. The maximum atomic E-state index is 10.5. The number of thiophene rings is 1. The van der Waals surface area contributed by atoms with Gasteiger partial charge in [-0.2, -0.15) is 0 Å². The topological polar surface area (TPSA) is 20.2 Å². The first-order valence-corrected chi connectivity index (χ1v) is 7.57. The molecule has 3 rings (SSSR count). The molecule has 17 heavy (non-hydrogen) atoms. The van der Waals surface area contributed by atoms with Gasteiger partial charge in [0.1, 0.15) is 0 Å². The zero-order valence-electron chi connectivity index (χ0n) is 9.59. The van der Waals surface area contributed by atoms with Crippen LogP contribution in [0.1, 0.15) is 28.0 Å². The van der Waals surface area contributed by atoms with E-state index in [-0.39, 0.29) is 12.0 Å². The van der Waals surface area contributed by atoms with Crippen molar-refractivity contribution < 1.29 is 5.11 Å². The van der Waals surface area contributed by atoms with Crippen LogP contribution < -0.4 is 0 Å². The van der Waals surface area contributed by atoms with Crippen molar-refractivity contribution in [2.45, 2.75) is 23.8 Å². The molecule has 2 unspecified atom stereocenters. The summed E-state index contributed by atoms with van der Waals surface area (Å²) in [6, 6.07) is 10.5. The molecule has 1 N–H and O–H groups in total. The molecule has 0 spiro atoms. The molecular formula is C14H14OS2. The molecule has 0 radical (unpaired) electrons. The Kier molecular flexibility index (Phi) is 2.99.